The summed E-state index contributed by atoms with van der Waals surface area (Å²) in [6.07, 6.45) is -1.06. The lowest BCUT2D eigenvalue weighted by Gasteiger charge is -2.23. The van der Waals surface area contributed by atoms with E-state index in [1.807, 2.05) is 0 Å². The minimum absolute atomic E-state index is 0.347. The van der Waals surface area contributed by atoms with Crippen LogP contribution in [-0.4, -0.2) is 25.4 Å². The second-order valence-electron chi connectivity index (χ2n) is 4.66. The monoisotopic (exact) mass is 290 g/mol. The number of aliphatic hydroxyl groups is 1. The minimum atomic E-state index is -1.06. The van der Waals surface area contributed by atoms with Crippen LogP contribution >= 0.6 is 0 Å². The van der Waals surface area contributed by atoms with Crippen LogP contribution in [0.15, 0.2) is 36.4 Å². The Hall–Kier alpha value is -2.27. The summed E-state index contributed by atoms with van der Waals surface area (Å²) >= 11 is 0. The van der Waals surface area contributed by atoms with Gasteiger partial charge in [0.15, 0.2) is 11.5 Å². The molecule has 0 saturated carbocycles. The van der Waals surface area contributed by atoms with Crippen molar-refractivity contribution in [1.29, 1.82) is 0 Å². The van der Waals surface area contributed by atoms with Gasteiger partial charge in [0.25, 0.3) is 0 Å². The Morgan fingerprint density at radius 1 is 1.14 bits per heavy atom. The van der Waals surface area contributed by atoms with Crippen molar-refractivity contribution in [1.82, 2.24) is 0 Å². The van der Waals surface area contributed by atoms with Crippen molar-refractivity contribution in [3.8, 4) is 17.2 Å². The molecule has 1 N–H and O–H groups in total. The molecular weight excluding hydrogens is 275 g/mol. The van der Waals surface area contributed by atoms with Crippen molar-refractivity contribution >= 4 is 0 Å². The minimum Gasteiger partial charge on any atom is -0.496 e. The van der Waals surface area contributed by atoms with Crippen molar-refractivity contribution in [2.75, 3.05) is 20.3 Å². The number of hydrogen-bond donors (Lipinski definition) is 1. The maximum Gasteiger partial charge on any atom is 0.167 e. The molecule has 0 spiro atoms. The molecule has 0 aromatic heterocycles. The van der Waals surface area contributed by atoms with E-state index in [1.54, 1.807) is 18.2 Å². The molecule has 1 heterocycles. The molecule has 1 unspecified atom stereocenters. The highest BCUT2D eigenvalue weighted by molar-refractivity contribution is 5.52. The van der Waals surface area contributed by atoms with E-state index in [2.05, 4.69) is 0 Å². The van der Waals surface area contributed by atoms with Crippen LogP contribution in [0.25, 0.3) is 0 Å². The molecule has 0 bridgehead atoms. The number of fused-ring (bicyclic) bond motifs is 1. The van der Waals surface area contributed by atoms with Gasteiger partial charge in [-0.3, -0.25) is 0 Å². The van der Waals surface area contributed by atoms with Gasteiger partial charge in [-0.25, -0.2) is 4.39 Å². The number of halogens is 1. The number of para-hydroxylation sites is 1. The zero-order chi connectivity index (χ0) is 14.8. The third-order valence-corrected chi connectivity index (χ3v) is 3.38. The maximum absolute atomic E-state index is 13.5. The molecule has 0 fully saturated rings. The Labute approximate surface area is 121 Å². The summed E-state index contributed by atoms with van der Waals surface area (Å²) in [6.45, 7) is 0.882. The van der Waals surface area contributed by atoms with Crippen LogP contribution in [0.1, 0.15) is 17.2 Å². The molecule has 1 aliphatic heterocycles. The number of rotatable bonds is 3. The van der Waals surface area contributed by atoms with E-state index in [1.165, 1.54) is 25.3 Å². The van der Waals surface area contributed by atoms with Crippen LogP contribution in [0.2, 0.25) is 0 Å². The predicted molar refractivity (Wildman–Crippen MR) is 74.4 cm³/mol. The fourth-order valence-electron chi connectivity index (χ4n) is 2.40. The lowest BCUT2D eigenvalue weighted by molar-refractivity contribution is 0.157. The molecular formula is C16H15FO4. The van der Waals surface area contributed by atoms with Gasteiger partial charge in [-0.2, -0.15) is 0 Å². The van der Waals surface area contributed by atoms with Gasteiger partial charge in [-0.05, 0) is 24.3 Å². The molecule has 0 amide bonds. The molecule has 110 valence electrons. The molecule has 0 aliphatic carbocycles. The summed E-state index contributed by atoms with van der Waals surface area (Å²) in [6, 6.07) is 9.29. The van der Waals surface area contributed by atoms with Crippen LogP contribution in [0.5, 0.6) is 17.2 Å². The molecule has 0 radical (unpaired) electrons. The maximum atomic E-state index is 13.5. The summed E-state index contributed by atoms with van der Waals surface area (Å²) in [5.74, 6) is 1.04. The van der Waals surface area contributed by atoms with Crippen LogP contribution in [0, 0.1) is 5.82 Å². The normalized spacial score (nSPS) is 14.6. The van der Waals surface area contributed by atoms with E-state index in [9.17, 15) is 9.50 Å². The van der Waals surface area contributed by atoms with E-state index in [0.717, 1.165) is 0 Å². The van der Waals surface area contributed by atoms with E-state index >= 15 is 0 Å². The fraction of sp³-hybridized carbons (Fsp3) is 0.250. The van der Waals surface area contributed by atoms with Crippen LogP contribution in [0.3, 0.4) is 0 Å². The van der Waals surface area contributed by atoms with Gasteiger partial charge in [-0.1, -0.05) is 12.1 Å². The average molecular weight is 290 g/mol. The Morgan fingerprint density at radius 3 is 2.76 bits per heavy atom. The first-order chi connectivity index (χ1) is 10.2. The molecule has 2 aromatic carbocycles. The zero-order valence-corrected chi connectivity index (χ0v) is 11.5. The third-order valence-electron chi connectivity index (χ3n) is 3.38. The second kappa shape index (κ2) is 5.61. The van der Waals surface area contributed by atoms with E-state index in [0.29, 0.717) is 41.6 Å². The van der Waals surface area contributed by atoms with Crippen molar-refractivity contribution in [3.63, 3.8) is 0 Å². The highest BCUT2D eigenvalue weighted by Crippen LogP contribution is 2.41. The molecule has 4 nitrogen and oxygen atoms in total. The Bertz CT molecular complexity index is 657. The summed E-state index contributed by atoms with van der Waals surface area (Å²) in [5.41, 5.74) is 0.871. The van der Waals surface area contributed by atoms with E-state index in [-0.39, 0.29) is 0 Å². The van der Waals surface area contributed by atoms with Crippen LogP contribution < -0.4 is 14.2 Å². The number of aliphatic hydroxyl groups excluding tert-OH is 1. The van der Waals surface area contributed by atoms with Crippen LogP contribution in [0.4, 0.5) is 4.39 Å². The molecule has 1 aliphatic rings. The molecule has 0 saturated heterocycles. The number of ether oxygens (including phenoxy) is 3. The summed E-state index contributed by atoms with van der Waals surface area (Å²) in [5, 5.41) is 10.6. The van der Waals surface area contributed by atoms with Gasteiger partial charge in [0.05, 0.1) is 7.11 Å². The van der Waals surface area contributed by atoms with Crippen molar-refractivity contribution in [3.05, 3.63) is 53.3 Å². The van der Waals surface area contributed by atoms with Gasteiger partial charge in [0.2, 0.25) is 0 Å². The molecule has 1 atom stereocenters. The van der Waals surface area contributed by atoms with Gasteiger partial charge in [0, 0.05) is 11.1 Å². The Balaban J connectivity index is 2.07. The van der Waals surface area contributed by atoms with Gasteiger partial charge in [-0.15, -0.1) is 0 Å². The first-order valence-corrected chi connectivity index (χ1v) is 6.60. The molecule has 2 aromatic rings. The zero-order valence-electron chi connectivity index (χ0n) is 11.5. The number of benzene rings is 2. The van der Waals surface area contributed by atoms with Gasteiger partial charge in [0.1, 0.15) is 30.9 Å². The molecule has 21 heavy (non-hydrogen) atoms. The summed E-state index contributed by atoms with van der Waals surface area (Å²) < 4.78 is 29.7. The highest BCUT2D eigenvalue weighted by atomic mass is 19.1. The molecule has 3 rings (SSSR count). The highest BCUT2D eigenvalue weighted by Gasteiger charge is 2.24. The lowest BCUT2D eigenvalue weighted by atomic mass is 9.99. The number of hydrogen-bond acceptors (Lipinski definition) is 4. The first kappa shape index (κ1) is 13.7. The van der Waals surface area contributed by atoms with Gasteiger partial charge < -0.3 is 19.3 Å². The largest absolute Gasteiger partial charge is 0.496 e. The van der Waals surface area contributed by atoms with Crippen LogP contribution in [-0.2, 0) is 0 Å². The smallest absolute Gasteiger partial charge is 0.167 e. The number of methoxy groups -OCH3 is 1. The average Bonchev–Trinajstić information content (AvgIpc) is 2.53. The van der Waals surface area contributed by atoms with E-state index < -0.39 is 11.9 Å². The molecule has 5 heteroatoms. The third kappa shape index (κ3) is 2.52. The SMILES string of the molecule is COc1ccc(F)cc1C(O)c1cccc2c1OCCO2. The first-order valence-electron chi connectivity index (χ1n) is 6.60. The van der Waals surface area contributed by atoms with E-state index in [4.69, 9.17) is 14.2 Å². The second-order valence-corrected chi connectivity index (χ2v) is 4.66. The summed E-state index contributed by atoms with van der Waals surface area (Å²) in [7, 11) is 1.48. The Kier molecular flexibility index (Phi) is 3.66. The Morgan fingerprint density at radius 2 is 1.95 bits per heavy atom. The predicted octanol–water partition coefficient (Wildman–Crippen LogP) is 2.69. The van der Waals surface area contributed by atoms with Crippen molar-refractivity contribution < 1.29 is 23.7 Å². The fourth-order valence-corrected chi connectivity index (χ4v) is 2.40. The van der Waals surface area contributed by atoms with Gasteiger partial charge >= 0.3 is 0 Å². The topological polar surface area (TPSA) is 47.9 Å². The standard InChI is InChI=1S/C16H15FO4/c1-19-13-6-5-10(17)9-12(13)15(18)11-3-2-4-14-16(11)21-8-7-20-14/h2-6,9,15,18H,7-8H2,1H3. The quantitative estimate of drug-likeness (QED) is 0.944. The summed E-state index contributed by atoms with van der Waals surface area (Å²) in [4.78, 5) is 0. The van der Waals surface area contributed by atoms with Crippen molar-refractivity contribution in [2.24, 2.45) is 0 Å². The lowest BCUT2D eigenvalue weighted by Crippen LogP contribution is -2.17. The van der Waals surface area contributed by atoms with Crippen molar-refractivity contribution in [2.45, 2.75) is 6.10 Å².